The molecule has 0 aliphatic rings. The number of anilines is 1. The number of ether oxygens (including phenoxy) is 1. The molecule has 3 rings (SSSR count). The second-order valence-electron chi connectivity index (χ2n) is 6.24. The van der Waals surface area contributed by atoms with Crippen molar-refractivity contribution in [3.8, 4) is 5.88 Å². The molecule has 0 bridgehead atoms. The number of para-hydroxylation sites is 1. The van der Waals surface area contributed by atoms with E-state index in [9.17, 15) is 22.8 Å². The highest BCUT2D eigenvalue weighted by Crippen LogP contribution is 2.34. The lowest BCUT2D eigenvalue weighted by atomic mass is 10.1. The van der Waals surface area contributed by atoms with Gasteiger partial charge in [-0.3, -0.25) is 9.59 Å². The number of alkyl halides is 3. The molecule has 0 unspecified atom stereocenters. The molecule has 2 N–H and O–H groups in total. The second-order valence-corrected chi connectivity index (χ2v) is 6.24. The molecule has 0 aliphatic carbocycles. The van der Waals surface area contributed by atoms with Crippen LogP contribution < -0.4 is 15.4 Å². The number of fused-ring (bicyclic) bond motifs is 1. The van der Waals surface area contributed by atoms with E-state index in [2.05, 4.69) is 20.6 Å². The summed E-state index contributed by atoms with van der Waals surface area (Å²) in [5.74, 6) is -0.471. The number of amides is 2. The lowest BCUT2D eigenvalue weighted by Crippen LogP contribution is -2.28. The molecule has 7 nitrogen and oxygen atoms in total. The van der Waals surface area contributed by atoms with Crippen LogP contribution in [0.4, 0.5) is 19.0 Å². The third-order valence-electron chi connectivity index (χ3n) is 3.96. The number of pyridine rings is 2. The second kappa shape index (κ2) is 8.76. The van der Waals surface area contributed by atoms with Crippen molar-refractivity contribution in [2.45, 2.75) is 13.1 Å². The summed E-state index contributed by atoms with van der Waals surface area (Å²) in [5.41, 5.74) is -0.757. The Morgan fingerprint density at radius 3 is 2.67 bits per heavy atom. The molecule has 0 aliphatic heterocycles. The molecule has 30 heavy (non-hydrogen) atoms. The van der Waals surface area contributed by atoms with Gasteiger partial charge in [0.1, 0.15) is 12.4 Å². The summed E-state index contributed by atoms with van der Waals surface area (Å²) < 4.78 is 44.8. The first-order chi connectivity index (χ1) is 14.2. The van der Waals surface area contributed by atoms with Gasteiger partial charge in [0.25, 0.3) is 5.91 Å². The topological polar surface area (TPSA) is 93.2 Å². The highest BCUT2D eigenvalue weighted by Gasteiger charge is 2.33. The van der Waals surface area contributed by atoms with E-state index < -0.39 is 17.6 Å². The zero-order valence-corrected chi connectivity index (χ0v) is 15.8. The van der Waals surface area contributed by atoms with Crippen LogP contribution in [0.15, 0.2) is 48.7 Å². The van der Waals surface area contributed by atoms with E-state index in [1.54, 1.807) is 0 Å². The highest BCUT2D eigenvalue weighted by atomic mass is 19.4. The summed E-state index contributed by atoms with van der Waals surface area (Å²) in [6, 6.07) is 9.67. The van der Waals surface area contributed by atoms with Crippen molar-refractivity contribution in [3.05, 3.63) is 59.8 Å². The smallest absolute Gasteiger partial charge is 0.418 e. The van der Waals surface area contributed by atoms with Gasteiger partial charge in [0, 0.05) is 30.1 Å². The van der Waals surface area contributed by atoms with E-state index in [0.29, 0.717) is 5.39 Å². The Bertz CT molecular complexity index is 1090. The number of halogens is 3. The quantitative estimate of drug-likeness (QED) is 0.599. The zero-order valence-electron chi connectivity index (χ0n) is 15.8. The molecule has 0 radical (unpaired) electrons. The maximum Gasteiger partial charge on any atom is 0.418 e. The summed E-state index contributed by atoms with van der Waals surface area (Å²) in [7, 11) is 0. The van der Waals surface area contributed by atoms with Crippen LogP contribution in [0.1, 0.15) is 22.8 Å². The molecule has 1 aromatic carbocycles. The van der Waals surface area contributed by atoms with Gasteiger partial charge in [0.05, 0.1) is 17.6 Å². The summed E-state index contributed by atoms with van der Waals surface area (Å²) >= 11 is 0. The molecule has 0 saturated heterocycles. The molecule has 156 valence electrons. The summed E-state index contributed by atoms with van der Waals surface area (Å²) in [6.45, 7) is 1.42. The summed E-state index contributed by atoms with van der Waals surface area (Å²) in [4.78, 5) is 31.1. The Morgan fingerprint density at radius 2 is 1.93 bits per heavy atom. The van der Waals surface area contributed by atoms with Gasteiger partial charge in [-0.2, -0.15) is 13.2 Å². The monoisotopic (exact) mass is 418 g/mol. The minimum Gasteiger partial charge on any atom is -0.476 e. The first kappa shape index (κ1) is 21.0. The zero-order chi connectivity index (χ0) is 21.7. The van der Waals surface area contributed by atoms with Crippen LogP contribution in [0, 0.1) is 0 Å². The third kappa shape index (κ3) is 5.22. The third-order valence-corrected chi connectivity index (χ3v) is 3.96. The molecular formula is C20H17F3N4O3. The van der Waals surface area contributed by atoms with E-state index >= 15 is 0 Å². The van der Waals surface area contributed by atoms with Crippen molar-refractivity contribution in [2.24, 2.45) is 0 Å². The van der Waals surface area contributed by atoms with Crippen molar-refractivity contribution in [1.29, 1.82) is 0 Å². The van der Waals surface area contributed by atoms with Gasteiger partial charge in [0.2, 0.25) is 11.8 Å². The molecular weight excluding hydrogens is 401 g/mol. The lowest BCUT2D eigenvalue weighted by Gasteiger charge is -2.11. The standard InChI is InChI=1S/C20H17F3N4O3/c1-12(28)26-16-11-14(7-8-24-16)19(29)25-9-10-30-17-6-5-13-3-2-4-15(18(13)27-17)20(21,22)23/h2-8,11H,9-10H2,1H3,(H,25,29)(H,24,26,28). The number of carbonyl (C=O) groups excluding carboxylic acids is 2. The first-order valence-electron chi connectivity index (χ1n) is 8.85. The SMILES string of the molecule is CC(=O)Nc1cc(C(=O)NCCOc2ccc3cccc(C(F)(F)F)c3n2)ccn1. The van der Waals surface area contributed by atoms with E-state index in [4.69, 9.17) is 4.74 Å². The predicted molar refractivity (Wildman–Crippen MR) is 103 cm³/mol. The van der Waals surface area contributed by atoms with Crippen LogP contribution in [0.25, 0.3) is 10.9 Å². The van der Waals surface area contributed by atoms with Gasteiger partial charge in [-0.25, -0.2) is 9.97 Å². The maximum absolute atomic E-state index is 13.1. The average Bonchev–Trinajstić information content (AvgIpc) is 2.69. The van der Waals surface area contributed by atoms with Crippen molar-refractivity contribution < 1.29 is 27.5 Å². The van der Waals surface area contributed by atoms with Crippen molar-refractivity contribution in [1.82, 2.24) is 15.3 Å². The number of hydrogen-bond donors (Lipinski definition) is 2. The number of benzene rings is 1. The molecule has 0 atom stereocenters. The normalized spacial score (nSPS) is 11.2. The Balaban J connectivity index is 1.60. The number of aromatic nitrogens is 2. The van der Waals surface area contributed by atoms with Crippen LogP contribution in [-0.4, -0.2) is 34.9 Å². The van der Waals surface area contributed by atoms with Crippen LogP contribution in [0.3, 0.4) is 0 Å². The fourth-order valence-electron chi connectivity index (χ4n) is 2.68. The van der Waals surface area contributed by atoms with Gasteiger partial charge in [-0.15, -0.1) is 0 Å². The Morgan fingerprint density at radius 1 is 1.13 bits per heavy atom. The molecule has 0 spiro atoms. The number of hydrogen-bond acceptors (Lipinski definition) is 5. The summed E-state index contributed by atoms with van der Waals surface area (Å²) in [5, 5.41) is 5.43. The predicted octanol–water partition coefficient (Wildman–Crippen LogP) is 3.42. The fraction of sp³-hybridized carbons (Fsp3) is 0.200. The molecule has 2 heterocycles. The highest BCUT2D eigenvalue weighted by molar-refractivity contribution is 5.96. The largest absolute Gasteiger partial charge is 0.476 e. The molecule has 0 fully saturated rings. The molecule has 2 amide bonds. The minimum absolute atomic E-state index is 0.00205. The van der Waals surface area contributed by atoms with Crippen LogP contribution >= 0.6 is 0 Å². The summed E-state index contributed by atoms with van der Waals surface area (Å²) in [6.07, 6.45) is -3.15. The van der Waals surface area contributed by atoms with Gasteiger partial charge < -0.3 is 15.4 Å². The van der Waals surface area contributed by atoms with E-state index in [1.807, 2.05) is 0 Å². The first-order valence-corrected chi connectivity index (χ1v) is 8.85. The minimum atomic E-state index is -4.53. The fourth-order valence-corrected chi connectivity index (χ4v) is 2.68. The Labute approximate surface area is 169 Å². The van der Waals surface area contributed by atoms with Crippen LogP contribution in [-0.2, 0) is 11.0 Å². The van der Waals surface area contributed by atoms with Gasteiger partial charge >= 0.3 is 6.18 Å². The van der Waals surface area contributed by atoms with Gasteiger partial charge in [-0.1, -0.05) is 12.1 Å². The lowest BCUT2D eigenvalue weighted by molar-refractivity contribution is -0.136. The molecule has 2 aromatic heterocycles. The number of nitrogens with zero attached hydrogens (tertiary/aromatic N) is 2. The number of carbonyl (C=O) groups is 2. The number of nitrogens with one attached hydrogen (secondary N) is 2. The van der Waals surface area contributed by atoms with E-state index in [-0.39, 0.29) is 41.8 Å². The van der Waals surface area contributed by atoms with Crippen molar-refractivity contribution in [2.75, 3.05) is 18.5 Å². The average molecular weight is 418 g/mol. The van der Waals surface area contributed by atoms with E-state index in [0.717, 1.165) is 6.07 Å². The Hall–Kier alpha value is -3.69. The van der Waals surface area contributed by atoms with Gasteiger partial charge in [0.15, 0.2) is 0 Å². The van der Waals surface area contributed by atoms with Crippen molar-refractivity contribution >= 4 is 28.5 Å². The van der Waals surface area contributed by atoms with Crippen molar-refractivity contribution in [3.63, 3.8) is 0 Å². The maximum atomic E-state index is 13.1. The van der Waals surface area contributed by atoms with Gasteiger partial charge in [-0.05, 0) is 24.3 Å². The molecule has 3 aromatic rings. The molecule has 0 saturated carbocycles. The Kier molecular flexibility index (Phi) is 6.14. The molecule has 10 heteroatoms. The van der Waals surface area contributed by atoms with Crippen LogP contribution in [0.2, 0.25) is 0 Å². The van der Waals surface area contributed by atoms with Crippen LogP contribution in [0.5, 0.6) is 5.88 Å². The number of rotatable bonds is 6. The van der Waals surface area contributed by atoms with E-state index in [1.165, 1.54) is 49.5 Å².